The van der Waals surface area contributed by atoms with Crippen molar-refractivity contribution in [3.8, 4) is 10.7 Å². The van der Waals surface area contributed by atoms with Gasteiger partial charge in [0.1, 0.15) is 10.8 Å². The molecule has 0 N–H and O–H groups in total. The third-order valence-electron chi connectivity index (χ3n) is 1.33. The quantitative estimate of drug-likeness (QED) is 0.598. The molecule has 13 heavy (non-hydrogen) atoms. The van der Waals surface area contributed by atoms with Crippen LogP contribution < -0.4 is 0 Å². The van der Waals surface area contributed by atoms with E-state index >= 15 is 0 Å². The molecule has 0 saturated carbocycles. The van der Waals surface area contributed by atoms with Gasteiger partial charge in [-0.25, -0.2) is 4.98 Å². The van der Waals surface area contributed by atoms with E-state index in [1.54, 1.807) is 6.07 Å². The minimum atomic E-state index is 0.475. The van der Waals surface area contributed by atoms with E-state index in [1.807, 2.05) is 12.1 Å². The van der Waals surface area contributed by atoms with Gasteiger partial charge in [0.05, 0.1) is 0 Å². The van der Waals surface area contributed by atoms with Crippen molar-refractivity contribution in [2.24, 2.45) is 0 Å². The molecule has 0 bridgehead atoms. The molecular weight excluding hydrogens is 321 g/mol. The van der Waals surface area contributed by atoms with Gasteiger partial charge in [-0.1, -0.05) is 29.0 Å². The predicted molar refractivity (Wildman–Crippen MR) is 60.9 cm³/mol. The lowest BCUT2D eigenvalue weighted by Crippen LogP contribution is -1.82. The first-order valence-corrected chi connectivity index (χ1v) is 5.65. The predicted octanol–water partition coefficient (Wildman–Crippen LogP) is 2.86. The normalized spacial score (nSPS) is 10.3. The average molecular weight is 324 g/mol. The molecule has 2 heterocycles. The highest BCUT2D eigenvalue weighted by Gasteiger charge is 2.05. The summed E-state index contributed by atoms with van der Waals surface area (Å²) < 4.78 is 0.898. The second-order valence-corrected chi connectivity index (χ2v) is 5.32. The van der Waals surface area contributed by atoms with E-state index in [4.69, 9.17) is 11.6 Å². The molecule has 0 aromatic carbocycles. The van der Waals surface area contributed by atoms with Crippen LogP contribution in [0.5, 0.6) is 0 Å². The maximum Gasteiger partial charge on any atom is 0.178 e. The minimum Gasteiger partial charge on any atom is -0.234 e. The number of nitrogens with zero attached hydrogens (tertiary/aromatic N) is 3. The molecule has 0 fully saturated rings. The summed E-state index contributed by atoms with van der Waals surface area (Å²) in [6.07, 6.45) is 0. The summed E-state index contributed by atoms with van der Waals surface area (Å²) in [4.78, 5) is 4.13. The fraction of sp³-hybridized carbons (Fsp3) is 0. The fourth-order valence-electron chi connectivity index (χ4n) is 0.836. The summed E-state index contributed by atoms with van der Waals surface area (Å²) in [5.74, 6) is 0. The van der Waals surface area contributed by atoms with Crippen LogP contribution in [-0.2, 0) is 0 Å². The standard InChI is InChI=1S/C7H3ClIN3S/c8-5-3-1-2-4(10-5)6-11-12-7(9)13-6/h1-3H. The van der Waals surface area contributed by atoms with Gasteiger partial charge in [-0.05, 0) is 34.7 Å². The third-order valence-corrected chi connectivity index (χ3v) is 3.16. The van der Waals surface area contributed by atoms with Crippen LogP contribution in [0.15, 0.2) is 18.2 Å². The van der Waals surface area contributed by atoms with Gasteiger partial charge in [-0.15, -0.1) is 10.2 Å². The first kappa shape index (κ1) is 9.29. The van der Waals surface area contributed by atoms with E-state index in [9.17, 15) is 0 Å². The summed E-state index contributed by atoms with van der Waals surface area (Å²) in [6, 6.07) is 5.44. The number of hydrogen-bond acceptors (Lipinski definition) is 4. The van der Waals surface area contributed by atoms with Gasteiger partial charge in [0.15, 0.2) is 8.02 Å². The summed E-state index contributed by atoms with van der Waals surface area (Å²) in [7, 11) is 0. The summed E-state index contributed by atoms with van der Waals surface area (Å²) in [5.41, 5.74) is 0.771. The van der Waals surface area contributed by atoms with Crippen molar-refractivity contribution in [1.82, 2.24) is 15.2 Å². The Morgan fingerprint density at radius 3 is 2.77 bits per heavy atom. The Morgan fingerprint density at radius 1 is 1.31 bits per heavy atom. The summed E-state index contributed by atoms with van der Waals surface area (Å²) in [5, 5.41) is 9.13. The molecule has 0 aliphatic rings. The maximum atomic E-state index is 5.75. The van der Waals surface area contributed by atoms with Crippen molar-refractivity contribution in [3.63, 3.8) is 0 Å². The van der Waals surface area contributed by atoms with Gasteiger partial charge in [0, 0.05) is 0 Å². The van der Waals surface area contributed by atoms with Crippen LogP contribution in [0.25, 0.3) is 10.7 Å². The first-order valence-electron chi connectivity index (χ1n) is 3.37. The SMILES string of the molecule is Clc1cccc(-c2nnc(I)s2)n1. The molecule has 0 aliphatic heterocycles. The highest BCUT2D eigenvalue weighted by atomic mass is 127. The van der Waals surface area contributed by atoms with Gasteiger partial charge in [0.2, 0.25) is 0 Å². The van der Waals surface area contributed by atoms with Crippen molar-refractivity contribution >= 4 is 45.5 Å². The molecular formula is C7H3ClIN3S. The van der Waals surface area contributed by atoms with E-state index in [-0.39, 0.29) is 0 Å². The zero-order valence-corrected chi connectivity index (χ0v) is 9.97. The molecule has 0 radical (unpaired) electrons. The highest BCUT2D eigenvalue weighted by Crippen LogP contribution is 2.23. The Labute approximate surface area is 97.3 Å². The molecule has 2 aromatic heterocycles. The maximum absolute atomic E-state index is 5.75. The molecule has 6 heteroatoms. The molecule has 0 aliphatic carbocycles. The second-order valence-electron chi connectivity index (χ2n) is 2.21. The Hall–Kier alpha value is -0.270. The summed E-state index contributed by atoms with van der Waals surface area (Å²) >= 11 is 9.36. The molecule has 2 rings (SSSR count). The lowest BCUT2D eigenvalue weighted by atomic mass is 10.4. The van der Waals surface area contributed by atoms with E-state index in [0.29, 0.717) is 5.15 Å². The van der Waals surface area contributed by atoms with Crippen molar-refractivity contribution in [3.05, 3.63) is 26.4 Å². The van der Waals surface area contributed by atoms with Gasteiger partial charge in [-0.2, -0.15) is 0 Å². The minimum absolute atomic E-state index is 0.475. The fourth-order valence-corrected chi connectivity index (χ4v) is 2.27. The van der Waals surface area contributed by atoms with E-state index < -0.39 is 0 Å². The molecule has 2 aromatic rings. The third kappa shape index (κ3) is 2.15. The first-order chi connectivity index (χ1) is 6.25. The van der Waals surface area contributed by atoms with Gasteiger partial charge >= 0.3 is 0 Å². The van der Waals surface area contributed by atoms with Crippen LogP contribution in [0.3, 0.4) is 0 Å². The molecule has 0 spiro atoms. The summed E-state index contributed by atoms with van der Waals surface area (Å²) in [6.45, 7) is 0. The van der Waals surface area contributed by atoms with Crippen molar-refractivity contribution in [2.45, 2.75) is 0 Å². The number of aromatic nitrogens is 3. The molecule has 0 atom stereocenters. The average Bonchev–Trinajstić information content (AvgIpc) is 2.52. The monoisotopic (exact) mass is 323 g/mol. The Bertz CT molecular complexity index is 431. The van der Waals surface area contributed by atoms with E-state index in [2.05, 4.69) is 37.8 Å². The smallest absolute Gasteiger partial charge is 0.178 e. The largest absolute Gasteiger partial charge is 0.234 e. The topological polar surface area (TPSA) is 38.7 Å². The van der Waals surface area contributed by atoms with Crippen molar-refractivity contribution < 1.29 is 0 Å². The Kier molecular flexibility index (Phi) is 2.75. The van der Waals surface area contributed by atoms with Gasteiger partial charge in [-0.3, -0.25) is 0 Å². The van der Waals surface area contributed by atoms with Crippen molar-refractivity contribution in [1.29, 1.82) is 0 Å². The molecule has 0 saturated heterocycles. The second kappa shape index (κ2) is 3.85. The van der Waals surface area contributed by atoms with Crippen LogP contribution in [0.1, 0.15) is 0 Å². The van der Waals surface area contributed by atoms with E-state index in [0.717, 1.165) is 13.7 Å². The lowest BCUT2D eigenvalue weighted by Gasteiger charge is -1.93. The number of hydrogen-bond donors (Lipinski definition) is 0. The molecule has 3 nitrogen and oxygen atoms in total. The van der Waals surface area contributed by atoms with Crippen LogP contribution in [0, 0.1) is 3.01 Å². The van der Waals surface area contributed by atoms with Gasteiger partial charge < -0.3 is 0 Å². The number of pyridine rings is 1. The van der Waals surface area contributed by atoms with Crippen LogP contribution in [-0.4, -0.2) is 15.2 Å². The lowest BCUT2D eigenvalue weighted by molar-refractivity contribution is 1.07. The Balaban J connectivity index is 2.46. The van der Waals surface area contributed by atoms with Crippen molar-refractivity contribution in [2.75, 3.05) is 0 Å². The van der Waals surface area contributed by atoms with Gasteiger partial charge in [0.25, 0.3) is 0 Å². The zero-order valence-electron chi connectivity index (χ0n) is 6.24. The molecule has 0 unspecified atom stereocenters. The number of rotatable bonds is 1. The van der Waals surface area contributed by atoms with Crippen LogP contribution >= 0.6 is 45.5 Å². The van der Waals surface area contributed by atoms with E-state index in [1.165, 1.54) is 11.3 Å². The molecule has 66 valence electrons. The van der Waals surface area contributed by atoms with Crippen LogP contribution in [0.4, 0.5) is 0 Å². The van der Waals surface area contributed by atoms with Crippen LogP contribution in [0.2, 0.25) is 5.15 Å². The Morgan fingerprint density at radius 2 is 2.15 bits per heavy atom. The molecule has 0 amide bonds. The highest BCUT2D eigenvalue weighted by molar-refractivity contribution is 14.1. The zero-order chi connectivity index (χ0) is 9.26. The number of halogens is 2.